The van der Waals surface area contributed by atoms with Gasteiger partial charge in [-0.25, -0.2) is 0 Å². The van der Waals surface area contributed by atoms with E-state index in [0.29, 0.717) is 11.5 Å². The molecule has 1 atom stereocenters. The highest BCUT2D eigenvalue weighted by Crippen LogP contribution is 2.35. The average Bonchev–Trinajstić information content (AvgIpc) is 2.75. The molecule has 0 radical (unpaired) electrons. The van der Waals surface area contributed by atoms with E-state index in [9.17, 15) is 4.79 Å². The lowest BCUT2D eigenvalue weighted by Crippen LogP contribution is -2.22. The molecule has 0 saturated heterocycles. The Balaban J connectivity index is 1.69. The van der Waals surface area contributed by atoms with E-state index in [2.05, 4.69) is 17.4 Å². The molecule has 29 heavy (non-hydrogen) atoms. The number of rotatable bonds is 8. The van der Waals surface area contributed by atoms with Gasteiger partial charge in [0.2, 0.25) is 5.91 Å². The Morgan fingerprint density at radius 2 is 1.55 bits per heavy atom. The predicted octanol–water partition coefficient (Wildman–Crippen LogP) is 5.97. The molecule has 3 aromatic rings. The van der Waals surface area contributed by atoms with Crippen LogP contribution in [0.1, 0.15) is 6.92 Å². The Kier molecular flexibility index (Phi) is 7.49. The molecule has 1 amide bonds. The lowest BCUT2D eigenvalue weighted by Gasteiger charge is -2.15. The number of nitrogens with one attached hydrogen (secondary N) is 1. The molecule has 0 bridgehead atoms. The minimum atomic E-state index is -0.275. The SMILES string of the molecule is COc1ccc(SC(C)C(=O)Nc2ccccc2Sc2ccccc2)cc1OC. The van der Waals surface area contributed by atoms with E-state index in [1.54, 1.807) is 26.0 Å². The van der Waals surface area contributed by atoms with Gasteiger partial charge in [-0.3, -0.25) is 4.79 Å². The van der Waals surface area contributed by atoms with Crippen LogP contribution >= 0.6 is 23.5 Å². The molecule has 0 aliphatic rings. The van der Waals surface area contributed by atoms with Crippen molar-refractivity contribution in [1.29, 1.82) is 0 Å². The lowest BCUT2D eigenvalue weighted by molar-refractivity contribution is -0.115. The third-order valence-corrected chi connectivity index (χ3v) is 6.33. The molecule has 6 heteroatoms. The topological polar surface area (TPSA) is 47.6 Å². The van der Waals surface area contributed by atoms with E-state index in [0.717, 1.165) is 20.4 Å². The van der Waals surface area contributed by atoms with Crippen molar-refractivity contribution in [2.24, 2.45) is 0 Å². The number of carbonyl (C=O) groups is 1. The van der Waals surface area contributed by atoms with Crippen LogP contribution in [0.2, 0.25) is 0 Å². The zero-order chi connectivity index (χ0) is 20.6. The summed E-state index contributed by atoms with van der Waals surface area (Å²) in [6.45, 7) is 1.89. The van der Waals surface area contributed by atoms with Crippen LogP contribution in [-0.2, 0) is 4.79 Å². The Morgan fingerprint density at radius 3 is 2.28 bits per heavy atom. The summed E-state index contributed by atoms with van der Waals surface area (Å²) >= 11 is 3.10. The first kappa shape index (κ1) is 21.1. The number of para-hydroxylation sites is 1. The zero-order valence-electron chi connectivity index (χ0n) is 16.5. The second-order valence-corrected chi connectivity index (χ2v) is 8.71. The number of methoxy groups -OCH3 is 2. The first-order valence-corrected chi connectivity index (χ1v) is 10.8. The Hall–Kier alpha value is -2.57. The smallest absolute Gasteiger partial charge is 0.237 e. The van der Waals surface area contributed by atoms with Crippen LogP contribution in [0.4, 0.5) is 5.69 Å². The van der Waals surface area contributed by atoms with E-state index in [1.165, 1.54) is 11.8 Å². The van der Waals surface area contributed by atoms with Gasteiger partial charge in [-0.05, 0) is 49.4 Å². The molecule has 0 aromatic heterocycles. The van der Waals surface area contributed by atoms with Crippen molar-refractivity contribution in [3.05, 3.63) is 72.8 Å². The van der Waals surface area contributed by atoms with E-state index >= 15 is 0 Å². The van der Waals surface area contributed by atoms with Gasteiger partial charge in [-0.2, -0.15) is 0 Å². The molecule has 0 heterocycles. The molecular formula is C23H23NO3S2. The summed E-state index contributed by atoms with van der Waals surface area (Å²) < 4.78 is 10.6. The van der Waals surface area contributed by atoms with Crippen molar-refractivity contribution in [3.8, 4) is 11.5 Å². The normalized spacial score (nSPS) is 11.6. The van der Waals surface area contributed by atoms with Gasteiger partial charge in [-0.1, -0.05) is 42.1 Å². The summed E-state index contributed by atoms with van der Waals surface area (Å²) in [6, 6.07) is 23.6. The van der Waals surface area contributed by atoms with Crippen LogP contribution in [0, 0.1) is 0 Å². The quantitative estimate of drug-likeness (QED) is 0.450. The highest BCUT2D eigenvalue weighted by atomic mass is 32.2. The van der Waals surface area contributed by atoms with E-state index in [-0.39, 0.29) is 11.2 Å². The van der Waals surface area contributed by atoms with E-state index in [4.69, 9.17) is 9.47 Å². The maximum absolute atomic E-state index is 12.8. The number of ether oxygens (including phenoxy) is 2. The van der Waals surface area contributed by atoms with Crippen molar-refractivity contribution >= 4 is 35.1 Å². The molecule has 0 aliphatic carbocycles. The monoisotopic (exact) mass is 425 g/mol. The van der Waals surface area contributed by atoms with E-state index in [1.807, 2.05) is 67.6 Å². The number of anilines is 1. The van der Waals surface area contributed by atoms with Gasteiger partial charge >= 0.3 is 0 Å². The van der Waals surface area contributed by atoms with Crippen molar-refractivity contribution < 1.29 is 14.3 Å². The number of thioether (sulfide) groups is 1. The van der Waals surface area contributed by atoms with Gasteiger partial charge in [0.25, 0.3) is 0 Å². The second kappa shape index (κ2) is 10.3. The summed E-state index contributed by atoms with van der Waals surface area (Å²) in [4.78, 5) is 15.9. The summed E-state index contributed by atoms with van der Waals surface area (Å²) in [5.41, 5.74) is 0.811. The van der Waals surface area contributed by atoms with Crippen LogP contribution in [0.5, 0.6) is 11.5 Å². The van der Waals surface area contributed by atoms with Crippen LogP contribution in [0.3, 0.4) is 0 Å². The highest BCUT2D eigenvalue weighted by Gasteiger charge is 2.17. The van der Waals surface area contributed by atoms with Crippen molar-refractivity contribution in [2.45, 2.75) is 26.9 Å². The molecule has 1 N–H and O–H groups in total. The van der Waals surface area contributed by atoms with Crippen molar-refractivity contribution in [3.63, 3.8) is 0 Å². The Bertz CT molecular complexity index is 963. The third kappa shape index (κ3) is 5.71. The van der Waals surface area contributed by atoms with Crippen LogP contribution in [0.25, 0.3) is 0 Å². The molecule has 0 fully saturated rings. The second-order valence-electron chi connectivity index (χ2n) is 6.18. The lowest BCUT2D eigenvalue weighted by atomic mass is 10.3. The Labute approximate surface area is 180 Å². The first-order chi connectivity index (χ1) is 14.1. The maximum Gasteiger partial charge on any atom is 0.237 e. The molecule has 0 saturated carbocycles. The fourth-order valence-corrected chi connectivity index (χ4v) is 4.47. The number of amides is 1. The molecular weight excluding hydrogens is 402 g/mol. The number of benzene rings is 3. The minimum absolute atomic E-state index is 0.0501. The Morgan fingerprint density at radius 1 is 0.862 bits per heavy atom. The molecule has 4 nitrogen and oxygen atoms in total. The fourth-order valence-electron chi connectivity index (χ4n) is 2.66. The van der Waals surface area contributed by atoms with E-state index < -0.39 is 0 Å². The molecule has 0 spiro atoms. The van der Waals surface area contributed by atoms with Gasteiger partial charge in [0.15, 0.2) is 11.5 Å². The molecule has 0 aliphatic heterocycles. The highest BCUT2D eigenvalue weighted by molar-refractivity contribution is 8.00. The maximum atomic E-state index is 12.8. The summed E-state index contributed by atoms with van der Waals surface area (Å²) in [7, 11) is 3.20. The van der Waals surface area contributed by atoms with Crippen LogP contribution in [-0.4, -0.2) is 25.4 Å². The van der Waals surface area contributed by atoms with Crippen LogP contribution < -0.4 is 14.8 Å². The number of hydrogen-bond donors (Lipinski definition) is 1. The third-order valence-electron chi connectivity index (χ3n) is 4.15. The molecule has 3 rings (SSSR count). The van der Waals surface area contributed by atoms with Gasteiger partial charge in [0, 0.05) is 14.7 Å². The summed E-state index contributed by atoms with van der Waals surface area (Å²) in [5.74, 6) is 1.27. The largest absolute Gasteiger partial charge is 0.493 e. The molecule has 1 unspecified atom stereocenters. The van der Waals surface area contributed by atoms with Crippen molar-refractivity contribution in [2.75, 3.05) is 19.5 Å². The average molecular weight is 426 g/mol. The molecule has 3 aromatic carbocycles. The first-order valence-electron chi connectivity index (χ1n) is 9.12. The fraction of sp³-hybridized carbons (Fsp3) is 0.174. The minimum Gasteiger partial charge on any atom is -0.493 e. The van der Waals surface area contributed by atoms with Gasteiger partial charge in [-0.15, -0.1) is 11.8 Å². The van der Waals surface area contributed by atoms with Crippen molar-refractivity contribution in [1.82, 2.24) is 0 Å². The summed E-state index contributed by atoms with van der Waals surface area (Å²) in [5, 5.41) is 2.79. The van der Waals surface area contributed by atoms with Gasteiger partial charge in [0.05, 0.1) is 25.2 Å². The number of hydrogen-bond acceptors (Lipinski definition) is 5. The zero-order valence-corrected chi connectivity index (χ0v) is 18.2. The van der Waals surface area contributed by atoms with Crippen LogP contribution in [0.15, 0.2) is 87.5 Å². The van der Waals surface area contributed by atoms with Gasteiger partial charge in [0.1, 0.15) is 0 Å². The number of carbonyl (C=O) groups excluding carboxylic acids is 1. The standard InChI is InChI=1S/C23H23NO3S2/c1-16(28-18-13-14-20(26-2)21(15-18)27-3)23(25)24-19-11-7-8-12-22(19)29-17-9-5-4-6-10-17/h4-16H,1-3H3,(H,24,25). The molecule has 150 valence electrons. The predicted molar refractivity (Wildman–Crippen MR) is 121 cm³/mol. The van der Waals surface area contributed by atoms with Gasteiger partial charge < -0.3 is 14.8 Å². The summed E-state index contributed by atoms with van der Waals surface area (Å²) in [6.07, 6.45) is 0.